The first-order chi connectivity index (χ1) is 16.2. The molecule has 1 aliphatic heterocycles. The summed E-state index contributed by atoms with van der Waals surface area (Å²) in [6.07, 6.45) is 6.04. The van der Waals surface area contributed by atoms with E-state index >= 15 is 0 Å². The Hall–Kier alpha value is -3.04. The van der Waals surface area contributed by atoms with Crippen molar-refractivity contribution < 1.29 is 4.79 Å². The van der Waals surface area contributed by atoms with Crippen LogP contribution in [0.1, 0.15) is 23.8 Å². The highest BCUT2D eigenvalue weighted by atomic mass is 32.1. The van der Waals surface area contributed by atoms with Gasteiger partial charge >= 0.3 is 0 Å². The molecule has 170 valence electrons. The summed E-state index contributed by atoms with van der Waals surface area (Å²) in [7, 11) is 0. The minimum atomic E-state index is 0.0756. The van der Waals surface area contributed by atoms with Gasteiger partial charge in [-0.3, -0.25) is 9.89 Å². The highest BCUT2D eigenvalue weighted by Crippen LogP contribution is 2.41. The lowest BCUT2D eigenvalue weighted by Gasteiger charge is -2.36. The zero-order valence-electron chi connectivity index (χ0n) is 18.7. The molecule has 1 fully saturated rings. The van der Waals surface area contributed by atoms with Crippen LogP contribution < -0.4 is 5.32 Å². The lowest BCUT2D eigenvalue weighted by Crippen LogP contribution is -2.50. The van der Waals surface area contributed by atoms with E-state index in [1.165, 1.54) is 10.4 Å². The third-order valence-electron chi connectivity index (χ3n) is 7.03. The molecule has 33 heavy (non-hydrogen) atoms. The molecule has 1 aliphatic carbocycles. The average molecular weight is 462 g/mol. The molecule has 2 aliphatic rings. The van der Waals surface area contributed by atoms with Gasteiger partial charge in [-0.15, -0.1) is 11.3 Å². The minimum Gasteiger partial charge on any atom is -0.340 e. The molecule has 4 heterocycles. The second kappa shape index (κ2) is 8.39. The van der Waals surface area contributed by atoms with E-state index in [2.05, 4.69) is 48.3 Å². The Kier molecular flexibility index (Phi) is 5.22. The van der Waals surface area contributed by atoms with E-state index in [0.717, 1.165) is 84.6 Å². The van der Waals surface area contributed by atoms with Crippen molar-refractivity contribution in [1.82, 2.24) is 30.0 Å². The number of benzene rings is 1. The van der Waals surface area contributed by atoms with E-state index in [0.29, 0.717) is 5.91 Å². The van der Waals surface area contributed by atoms with Crippen molar-refractivity contribution in [3.05, 3.63) is 41.2 Å². The van der Waals surface area contributed by atoms with Gasteiger partial charge in [0.05, 0.1) is 17.1 Å². The first-order valence-corrected chi connectivity index (χ1v) is 12.5. The predicted molar refractivity (Wildman–Crippen MR) is 131 cm³/mol. The second-order valence-electron chi connectivity index (χ2n) is 8.90. The molecule has 1 amide bonds. The van der Waals surface area contributed by atoms with Crippen LogP contribution in [-0.4, -0.2) is 68.6 Å². The number of aromatic amines is 1. The summed E-state index contributed by atoms with van der Waals surface area (Å²) in [6.45, 7) is 6.91. The van der Waals surface area contributed by atoms with E-state index < -0.39 is 0 Å². The Balaban J connectivity index is 1.24. The molecule has 0 spiro atoms. The number of nitrogens with zero attached hydrogens (tertiary/aromatic N) is 5. The van der Waals surface area contributed by atoms with Crippen molar-refractivity contribution in [3.63, 3.8) is 0 Å². The first-order valence-electron chi connectivity index (χ1n) is 11.7. The largest absolute Gasteiger partial charge is 0.340 e. The van der Waals surface area contributed by atoms with Crippen LogP contribution in [0.3, 0.4) is 0 Å². The molecule has 9 heteroatoms. The number of H-pyrrole nitrogens is 1. The Morgan fingerprint density at radius 1 is 1.24 bits per heavy atom. The normalized spacial score (nSPS) is 19.2. The van der Waals surface area contributed by atoms with Crippen molar-refractivity contribution in [3.8, 4) is 0 Å². The van der Waals surface area contributed by atoms with Gasteiger partial charge in [-0.25, -0.2) is 9.97 Å². The maximum absolute atomic E-state index is 13.2. The summed E-state index contributed by atoms with van der Waals surface area (Å²) < 4.78 is 0. The summed E-state index contributed by atoms with van der Waals surface area (Å²) in [5, 5.41) is 12.7. The number of aryl methyl sites for hydroxylation is 1. The smallest absolute Gasteiger partial charge is 0.226 e. The van der Waals surface area contributed by atoms with E-state index in [-0.39, 0.29) is 5.92 Å². The molecule has 1 saturated heterocycles. The number of thiophene rings is 1. The van der Waals surface area contributed by atoms with Gasteiger partial charge in [-0.2, -0.15) is 5.10 Å². The van der Waals surface area contributed by atoms with Crippen molar-refractivity contribution in [2.45, 2.75) is 26.2 Å². The van der Waals surface area contributed by atoms with Crippen molar-refractivity contribution in [2.24, 2.45) is 5.92 Å². The molecular weight excluding hydrogens is 434 g/mol. The number of anilines is 2. The van der Waals surface area contributed by atoms with E-state index in [4.69, 9.17) is 0 Å². The molecule has 0 saturated carbocycles. The van der Waals surface area contributed by atoms with Gasteiger partial charge in [0, 0.05) is 48.0 Å². The van der Waals surface area contributed by atoms with E-state index in [1.807, 2.05) is 18.3 Å². The van der Waals surface area contributed by atoms with Gasteiger partial charge in [0.1, 0.15) is 17.0 Å². The van der Waals surface area contributed by atoms with E-state index in [1.54, 1.807) is 17.7 Å². The maximum atomic E-state index is 13.2. The minimum absolute atomic E-state index is 0.0756. The van der Waals surface area contributed by atoms with Crippen LogP contribution >= 0.6 is 11.3 Å². The highest BCUT2D eigenvalue weighted by molar-refractivity contribution is 7.19. The topological polar surface area (TPSA) is 90.0 Å². The van der Waals surface area contributed by atoms with Crippen LogP contribution in [0.4, 0.5) is 11.5 Å². The zero-order chi connectivity index (χ0) is 22.4. The number of likely N-dealkylation sites (N-methyl/N-ethyl adjacent to an activating group) is 1. The molecule has 0 bridgehead atoms. The van der Waals surface area contributed by atoms with Crippen LogP contribution in [0.2, 0.25) is 0 Å². The lowest BCUT2D eigenvalue weighted by molar-refractivity contribution is -0.137. The van der Waals surface area contributed by atoms with Crippen molar-refractivity contribution >= 4 is 49.9 Å². The average Bonchev–Trinajstić information content (AvgIpc) is 3.47. The van der Waals surface area contributed by atoms with Gasteiger partial charge in [-0.05, 0) is 49.6 Å². The second-order valence-corrected chi connectivity index (χ2v) is 9.99. The predicted octanol–water partition coefficient (Wildman–Crippen LogP) is 3.58. The van der Waals surface area contributed by atoms with Crippen LogP contribution in [0.5, 0.6) is 0 Å². The molecule has 0 radical (unpaired) electrons. The third kappa shape index (κ3) is 3.75. The fourth-order valence-corrected chi connectivity index (χ4v) is 6.38. The van der Waals surface area contributed by atoms with Crippen molar-refractivity contribution in [2.75, 3.05) is 38.0 Å². The number of hydrogen-bond donors (Lipinski definition) is 2. The molecule has 8 nitrogen and oxygen atoms in total. The fourth-order valence-electron chi connectivity index (χ4n) is 5.12. The van der Waals surface area contributed by atoms with Gasteiger partial charge in [0.15, 0.2) is 0 Å². The number of hydrogen-bond acceptors (Lipinski definition) is 7. The lowest BCUT2D eigenvalue weighted by atomic mass is 9.86. The van der Waals surface area contributed by atoms with Gasteiger partial charge in [0.25, 0.3) is 0 Å². The number of fused-ring (bicyclic) bond motifs is 4. The van der Waals surface area contributed by atoms with Crippen LogP contribution in [0.25, 0.3) is 21.1 Å². The Morgan fingerprint density at radius 3 is 2.97 bits per heavy atom. The summed E-state index contributed by atoms with van der Waals surface area (Å²) in [5.41, 5.74) is 3.29. The number of aromatic nitrogens is 4. The van der Waals surface area contributed by atoms with Gasteiger partial charge in [-0.1, -0.05) is 6.92 Å². The molecule has 1 atom stereocenters. The summed E-state index contributed by atoms with van der Waals surface area (Å²) in [6, 6.07) is 6.11. The maximum Gasteiger partial charge on any atom is 0.226 e. The molecule has 1 aromatic carbocycles. The van der Waals surface area contributed by atoms with Crippen LogP contribution in [0.15, 0.2) is 30.7 Å². The number of carbonyl (C=O) groups is 1. The van der Waals surface area contributed by atoms with Crippen LogP contribution in [-0.2, 0) is 17.6 Å². The van der Waals surface area contributed by atoms with Gasteiger partial charge in [0.2, 0.25) is 5.91 Å². The number of nitrogens with one attached hydrogen (secondary N) is 2. The Labute approximate surface area is 196 Å². The Morgan fingerprint density at radius 2 is 2.12 bits per heavy atom. The monoisotopic (exact) mass is 461 g/mol. The number of amides is 1. The zero-order valence-corrected chi connectivity index (χ0v) is 19.5. The quantitative estimate of drug-likeness (QED) is 0.483. The number of carbonyl (C=O) groups excluding carboxylic acids is 1. The molecular formula is C24H27N7OS. The first kappa shape index (κ1) is 20.6. The number of piperazine rings is 1. The summed E-state index contributed by atoms with van der Waals surface area (Å²) in [5.74, 6) is 1.24. The van der Waals surface area contributed by atoms with E-state index in [9.17, 15) is 4.79 Å². The third-order valence-corrected chi connectivity index (χ3v) is 8.19. The molecule has 0 unspecified atom stereocenters. The molecule has 6 rings (SSSR count). The van der Waals surface area contributed by atoms with Crippen LogP contribution in [0, 0.1) is 5.92 Å². The summed E-state index contributed by atoms with van der Waals surface area (Å²) in [4.78, 5) is 29.1. The highest BCUT2D eigenvalue weighted by Gasteiger charge is 2.32. The standard InChI is InChI=1S/C24H27N7OS/c1-2-30-7-9-31(10-8-30)24(32)15-3-5-18-20(12-15)33-23-21(18)22(25-14-26-23)28-17-4-6-19-16(11-17)13-27-29-19/h4,6,11,13-15H,2-3,5,7-10,12H2,1H3,(H,27,29)(H,25,26,28)/t15-/m0/s1. The van der Waals surface area contributed by atoms with Gasteiger partial charge < -0.3 is 15.1 Å². The molecule has 2 N–H and O–H groups in total. The molecule has 3 aromatic heterocycles. The molecule has 4 aromatic rings. The summed E-state index contributed by atoms with van der Waals surface area (Å²) >= 11 is 1.72. The van der Waals surface area contributed by atoms with Crippen molar-refractivity contribution in [1.29, 1.82) is 0 Å². The fraction of sp³-hybridized carbons (Fsp3) is 0.417. The Bertz CT molecular complexity index is 1320. The SMILES string of the molecule is CCN1CCN(C(=O)[C@H]2CCc3c(sc4ncnc(Nc5ccc6[nH]ncc6c5)c34)C2)CC1. The number of rotatable bonds is 4.